The van der Waals surface area contributed by atoms with Gasteiger partial charge >= 0.3 is 0 Å². The van der Waals surface area contributed by atoms with Crippen molar-refractivity contribution in [1.82, 2.24) is 4.90 Å². The molecule has 2 heterocycles. The number of carbonyl (C=O) groups excluding carboxylic acids is 2. The first kappa shape index (κ1) is 14.7. The molecule has 0 aromatic heterocycles. The Morgan fingerprint density at radius 1 is 1.36 bits per heavy atom. The van der Waals surface area contributed by atoms with E-state index in [0.717, 1.165) is 18.5 Å². The summed E-state index contributed by atoms with van der Waals surface area (Å²) in [4.78, 5) is 25.7. The third-order valence-electron chi connectivity index (χ3n) is 4.12. The van der Waals surface area contributed by atoms with Crippen LogP contribution in [0, 0.1) is 6.92 Å². The summed E-state index contributed by atoms with van der Waals surface area (Å²) in [6, 6.07) is 3.55. The smallest absolute Gasteiger partial charge is 0.231 e. The Morgan fingerprint density at radius 3 is 2.77 bits per heavy atom. The van der Waals surface area contributed by atoms with Gasteiger partial charge in [-0.3, -0.25) is 9.59 Å². The summed E-state index contributed by atoms with van der Waals surface area (Å²) in [6.07, 6.45) is 1.76. The Bertz CT molecular complexity index is 614. The molecule has 0 saturated carbocycles. The van der Waals surface area contributed by atoms with Gasteiger partial charge in [0.15, 0.2) is 11.5 Å². The van der Waals surface area contributed by atoms with E-state index < -0.39 is 0 Å². The van der Waals surface area contributed by atoms with Crippen molar-refractivity contribution >= 4 is 17.5 Å². The van der Waals surface area contributed by atoms with E-state index in [4.69, 9.17) is 9.47 Å². The van der Waals surface area contributed by atoms with E-state index in [9.17, 15) is 9.59 Å². The van der Waals surface area contributed by atoms with E-state index in [0.29, 0.717) is 30.0 Å². The summed E-state index contributed by atoms with van der Waals surface area (Å²) in [5.41, 5.74) is 1.64. The lowest BCUT2D eigenvalue weighted by atomic mass is 10.1. The topological polar surface area (TPSA) is 67.9 Å². The number of ether oxygens (including phenoxy) is 2. The van der Waals surface area contributed by atoms with Crippen LogP contribution in [0.25, 0.3) is 0 Å². The molecule has 2 aliphatic rings. The van der Waals surface area contributed by atoms with Crippen LogP contribution >= 0.6 is 0 Å². The number of rotatable bonds is 4. The zero-order chi connectivity index (χ0) is 15.7. The van der Waals surface area contributed by atoms with Crippen LogP contribution in [0.4, 0.5) is 5.69 Å². The van der Waals surface area contributed by atoms with Crippen LogP contribution in [0.1, 0.15) is 31.7 Å². The third-order valence-corrected chi connectivity index (χ3v) is 4.12. The van der Waals surface area contributed by atoms with E-state index in [-0.39, 0.29) is 24.6 Å². The zero-order valence-corrected chi connectivity index (χ0v) is 12.8. The normalized spacial score (nSPS) is 17.7. The lowest BCUT2D eigenvalue weighted by molar-refractivity contribution is -0.130. The van der Waals surface area contributed by atoms with E-state index in [1.807, 2.05) is 19.9 Å². The third kappa shape index (κ3) is 2.86. The molecule has 2 amide bonds. The first-order valence-corrected chi connectivity index (χ1v) is 7.54. The number of benzene rings is 1. The van der Waals surface area contributed by atoms with Crippen LogP contribution in [-0.4, -0.2) is 36.1 Å². The first-order chi connectivity index (χ1) is 10.5. The summed E-state index contributed by atoms with van der Waals surface area (Å²) < 4.78 is 10.6. The molecule has 3 rings (SSSR count). The van der Waals surface area contributed by atoms with Crippen molar-refractivity contribution in [3.05, 3.63) is 17.7 Å². The lowest BCUT2D eigenvalue weighted by Gasteiger charge is -2.23. The second kappa shape index (κ2) is 5.87. The van der Waals surface area contributed by atoms with Crippen LogP contribution in [0.3, 0.4) is 0 Å². The van der Waals surface area contributed by atoms with Gasteiger partial charge in [-0.2, -0.15) is 0 Å². The van der Waals surface area contributed by atoms with Crippen molar-refractivity contribution in [2.24, 2.45) is 0 Å². The number of nitrogens with one attached hydrogen (secondary N) is 1. The van der Waals surface area contributed by atoms with Crippen molar-refractivity contribution in [1.29, 1.82) is 0 Å². The minimum absolute atomic E-state index is 0.0793. The number of carbonyl (C=O) groups is 2. The van der Waals surface area contributed by atoms with Gasteiger partial charge in [-0.1, -0.05) is 0 Å². The average molecular weight is 304 g/mol. The maximum Gasteiger partial charge on any atom is 0.231 e. The Hall–Kier alpha value is -2.24. The van der Waals surface area contributed by atoms with E-state index in [2.05, 4.69) is 5.32 Å². The second-order valence-electron chi connectivity index (χ2n) is 5.81. The largest absolute Gasteiger partial charge is 0.454 e. The molecule has 0 aliphatic carbocycles. The molecule has 118 valence electrons. The molecule has 1 saturated heterocycles. The number of likely N-dealkylation sites (tertiary alicyclic amines) is 1. The standard InChI is InChI=1S/C16H20N2O4/c1-10-6-13-14(22-9-21-13)8-12(10)17-15(19)7-11(2)18-5-3-4-16(18)20/h6,8,11H,3-5,7,9H2,1-2H3,(H,17,19). The molecule has 22 heavy (non-hydrogen) atoms. The number of anilines is 1. The predicted molar refractivity (Wildman–Crippen MR) is 81.0 cm³/mol. The molecule has 1 N–H and O–H groups in total. The summed E-state index contributed by atoms with van der Waals surface area (Å²) in [5, 5.41) is 2.90. The lowest BCUT2D eigenvalue weighted by Crippen LogP contribution is -2.36. The molecule has 1 aromatic carbocycles. The Balaban J connectivity index is 1.63. The zero-order valence-electron chi connectivity index (χ0n) is 12.8. The molecule has 0 spiro atoms. The number of nitrogens with zero attached hydrogens (tertiary/aromatic N) is 1. The maximum absolute atomic E-state index is 12.2. The van der Waals surface area contributed by atoms with E-state index >= 15 is 0 Å². The fourth-order valence-corrected chi connectivity index (χ4v) is 2.89. The van der Waals surface area contributed by atoms with Crippen LogP contribution < -0.4 is 14.8 Å². The highest BCUT2D eigenvalue weighted by molar-refractivity contribution is 5.92. The van der Waals surface area contributed by atoms with Crippen molar-refractivity contribution in [3.63, 3.8) is 0 Å². The highest BCUT2D eigenvalue weighted by Crippen LogP contribution is 2.36. The summed E-state index contributed by atoms with van der Waals surface area (Å²) in [5.74, 6) is 1.38. The molecule has 1 unspecified atom stereocenters. The Morgan fingerprint density at radius 2 is 2.09 bits per heavy atom. The van der Waals surface area contributed by atoms with E-state index in [1.165, 1.54) is 0 Å². The van der Waals surface area contributed by atoms with Crippen molar-refractivity contribution < 1.29 is 19.1 Å². The van der Waals surface area contributed by atoms with Gasteiger partial charge in [0, 0.05) is 37.2 Å². The van der Waals surface area contributed by atoms with Gasteiger partial charge in [0.1, 0.15) is 0 Å². The Kier molecular flexibility index (Phi) is 3.92. The van der Waals surface area contributed by atoms with E-state index in [1.54, 1.807) is 11.0 Å². The van der Waals surface area contributed by atoms with Crippen LogP contribution in [0.2, 0.25) is 0 Å². The number of hydrogen-bond acceptors (Lipinski definition) is 4. The number of fused-ring (bicyclic) bond motifs is 1. The molecule has 1 atom stereocenters. The predicted octanol–water partition coefficient (Wildman–Crippen LogP) is 2.06. The fraction of sp³-hybridized carbons (Fsp3) is 0.500. The Labute approximate surface area is 129 Å². The molecular weight excluding hydrogens is 284 g/mol. The molecule has 6 heteroatoms. The van der Waals surface area contributed by atoms with Crippen LogP contribution in [-0.2, 0) is 9.59 Å². The van der Waals surface area contributed by atoms with Gasteiger partial charge in [0.05, 0.1) is 0 Å². The van der Waals surface area contributed by atoms with Gasteiger partial charge in [0.25, 0.3) is 0 Å². The van der Waals surface area contributed by atoms with Gasteiger partial charge in [0.2, 0.25) is 18.6 Å². The quantitative estimate of drug-likeness (QED) is 0.924. The molecule has 6 nitrogen and oxygen atoms in total. The van der Waals surface area contributed by atoms with Gasteiger partial charge in [-0.15, -0.1) is 0 Å². The maximum atomic E-state index is 12.2. The highest BCUT2D eigenvalue weighted by atomic mass is 16.7. The summed E-state index contributed by atoms with van der Waals surface area (Å²) in [7, 11) is 0. The van der Waals surface area contributed by atoms with Gasteiger partial charge < -0.3 is 19.7 Å². The van der Waals surface area contributed by atoms with Crippen LogP contribution in [0.15, 0.2) is 12.1 Å². The van der Waals surface area contributed by atoms with Gasteiger partial charge in [-0.05, 0) is 31.9 Å². The summed E-state index contributed by atoms with van der Waals surface area (Å²) in [6.45, 7) is 4.77. The second-order valence-corrected chi connectivity index (χ2v) is 5.81. The molecular formula is C16H20N2O4. The molecule has 0 bridgehead atoms. The first-order valence-electron chi connectivity index (χ1n) is 7.54. The van der Waals surface area contributed by atoms with Crippen molar-refractivity contribution in [2.75, 3.05) is 18.7 Å². The van der Waals surface area contributed by atoms with Crippen molar-refractivity contribution in [3.8, 4) is 11.5 Å². The van der Waals surface area contributed by atoms with Crippen LogP contribution in [0.5, 0.6) is 11.5 Å². The molecule has 2 aliphatic heterocycles. The minimum Gasteiger partial charge on any atom is -0.454 e. The van der Waals surface area contributed by atoms with Gasteiger partial charge in [-0.25, -0.2) is 0 Å². The average Bonchev–Trinajstić information content (AvgIpc) is 3.07. The number of aryl methyl sites for hydroxylation is 1. The SMILES string of the molecule is Cc1cc2c(cc1NC(=O)CC(C)N1CCCC1=O)OCO2. The highest BCUT2D eigenvalue weighted by Gasteiger charge is 2.26. The molecule has 1 aromatic rings. The monoisotopic (exact) mass is 304 g/mol. The molecule has 0 radical (unpaired) electrons. The minimum atomic E-state index is -0.103. The summed E-state index contributed by atoms with van der Waals surface area (Å²) >= 11 is 0. The number of amides is 2. The molecule has 1 fully saturated rings. The number of hydrogen-bond donors (Lipinski definition) is 1. The van der Waals surface area contributed by atoms with Crippen molar-refractivity contribution in [2.45, 2.75) is 39.2 Å². The fourth-order valence-electron chi connectivity index (χ4n) is 2.89.